The fourth-order valence-corrected chi connectivity index (χ4v) is 2.05. The van der Waals surface area contributed by atoms with Crippen molar-refractivity contribution in [1.82, 2.24) is 0 Å². The third-order valence-corrected chi connectivity index (χ3v) is 3.22. The number of ether oxygens (including phenoxy) is 2. The quantitative estimate of drug-likeness (QED) is 0.513. The number of anilines is 1. The standard InChI is InChI=1S/C16H14N2O6/c1-23-14-8-7-10(9-13(14)18(21)22)15(19)17-12-6-4-3-5-11(12)16(20)24-2/h3-9H,1-2H3,(H,17,19). The van der Waals surface area contributed by atoms with E-state index < -0.39 is 16.8 Å². The van der Waals surface area contributed by atoms with Crippen LogP contribution in [0.15, 0.2) is 42.5 Å². The minimum absolute atomic E-state index is 0.0477. The molecule has 2 rings (SSSR count). The van der Waals surface area contributed by atoms with Crippen LogP contribution >= 0.6 is 0 Å². The van der Waals surface area contributed by atoms with Gasteiger partial charge in [-0.15, -0.1) is 0 Å². The van der Waals surface area contributed by atoms with Crippen LogP contribution in [0.5, 0.6) is 5.75 Å². The van der Waals surface area contributed by atoms with Crippen LogP contribution in [0.2, 0.25) is 0 Å². The highest BCUT2D eigenvalue weighted by molar-refractivity contribution is 6.08. The lowest BCUT2D eigenvalue weighted by Crippen LogP contribution is -2.15. The van der Waals surface area contributed by atoms with Crippen LogP contribution in [-0.2, 0) is 4.74 Å². The average molecular weight is 330 g/mol. The maximum Gasteiger partial charge on any atom is 0.339 e. The first-order valence-corrected chi connectivity index (χ1v) is 6.79. The van der Waals surface area contributed by atoms with E-state index in [-0.39, 0.29) is 28.3 Å². The Balaban J connectivity index is 2.33. The van der Waals surface area contributed by atoms with Gasteiger partial charge in [0.1, 0.15) is 0 Å². The normalized spacial score (nSPS) is 9.92. The maximum atomic E-state index is 12.3. The van der Waals surface area contributed by atoms with Gasteiger partial charge in [-0.25, -0.2) is 4.79 Å². The molecule has 0 saturated heterocycles. The van der Waals surface area contributed by atoms with Gasteiger partial charge in [-0.2, -0.15) is 0 Å². The molecule has 24 heavy (non-hydrogen) atoms. The van der Waals surface area contributed by atoms with Gasteiger partial charge in [0.05, 0.1) is 30.4 Å². The molecule has 0 bridgehead atoms. The van der Waals surface area contributed by atoms with Crippen molar-refractivity contribution < 1.29 is 24.0 Å². The smallest absolute Gasteiger partial charge is 0.339 e. The largest absolute Gasteiger partial charge is 0.490 e. The SMILES string of the molecule is COC(=O)c1ccccc1NC(=O)c1ccc(OC)c([N+](=O)[O-])c1. The van der Waals surface area contributed by atoms with Crippen molar-refractivity contribution in [3.8, 4) is 5.75 Å². The van der Waals surface area contributed by atoms with Crippen molar-refractivity contribution in [2.45, 2.75) is 0 Å². The van der Waals surface area contributed by atoms with E-state index in [1.165, 1.54) is 38.5 Å². The minimum Gasteiger partial charge on any atom is -0.490 e. The zero-order chi connectivity index (χ0) is 17.7. The zero-order valence-electron chi connectivity index (χ0n) is 12.9. The first kappa shape index (κ1) is 16.9. The Morgan fingerprint density at radius 1 is 1.12 bits per heavy atom. The monoisotopic (exact) mass is 330 g/mol. The molecule has 8 nitrogen and oxygen atoms in total. The number of methoxy groups -OCH3 is 2. The van der Waals surface area contributed by atoms with Crippen molar-refractivity contribution in [2.24, 2.45) is 0 Å². The lowest BCUT2D eigenvalue weighted by Gasteiger charge is -2.10. The number of amides is 1. The van der Waals surface area contributed by atoms with Crippen LogP contribution in [0.4, 0.5) is 11.4 Å². The first-order chi connectivity index (χ1) is 11.5. The molecule has 0 heterocycles. The van der Waals surface area contributed by atoms with Gasteiger partial charge in [0.2, 0.25) is 0 Å². The first-order valence-electron chi connectivity index (χ1n) is 6.79. The number of hydrogen-bond donors (Lipinski definition) is 1. The minimum atomic E-state index is -0.641. The lowest BCUT2D eigenvalue weighted by molar-refractivity contribution is -0.385. The highest BCUT2D eigenvalue weighted by Gasteiger charge is 2.19. The van der Waals surface area contributed by atoms with Gasteiger partial charge >= 0.3 is 11.7 Å². The Morgan fingerprint density at radius 3 is 2.46 bits per heavy atom. The van der Waals surface area contributed by atoms with Crippen LogP contribution in [0.3, 0.4) is 0 Å². The van der Waals surface area contributed by atoms with E-state index >= 15 is 0 Å². The summed E-state index contributed by atoms with van der Waals surface area (Å²) in [7, 11) is 2.53. The highest BCUT2D eigenvalue weighted by Crippen LogP contribution is 2.28. The van der Waals surface area contributed by atoms with Gasteiger partial charge in [0.25, 0.3) is 5.91 Å². The number of carbonyl (C=O) groups excluding carboxylic acids is 2. The summed E-state index contributed by atoms with van der Waals surface area (Å²) in [5.74, 6) is -1.16. The summed E-state index contributed by atoms with van der Waals surface area (Å²) in [5.41, 5.74) is 0.151. The second-order valence-electron chi connectivity index (χ2n) is 4.64. The fraction of sp³-hybridized carbons (Fsp3) is 0.125. The van der Waals surface area contributed by atoms with Crippen LogP contribution < -0.4 is 10.1 Å². The van der Waals surface area contributed by atoms with Crippen molar-refractivity contribution >= 4 is 23.3 Å². The van der Waals surface area contributed by atoms with Gasteiger partial charge in [-0.3, -0.25) is 14.9 Å². The van der Waals surface area contributed by atoms with Crippen LogP contribution in [-0.4, -0.2) is 31.0 Å². The summed E-state index contributed by atoms with van der Waals surface area (Å²) in [5, 5.41) is 13.6. The number of para-hydroxylation sites is 1. The van der Waals surface area contributed by atoms with E-state index in [4.69, 9.17) is 4.74 Å². The Morgan fingerprint density at radius 2 is 1.83 bits per heavy atom. The van der Waals surface area contributed by atoms with E-state index in [2.05, 4.69) is 10.1 Å². The number of carbonyl (C=O) groups is 2. The van der Waals surface area contributed by atoms with Crippen LogP contribution in [0.25, 0.3) is 0 Å². The summed E-state index contributed by atoms with van der Waals surface area (Å²) in [6.07, 6.45) is 0. The summed E-state index contributed by atoms with van der Waals surface area (Å²) in [6, 6.07) is 10.1. The third kappa shape index (κ3) is 3.49. The van der Waals surface area contributed by atoms with E-state index in [9.17, 15) is 19.7 Å². The molecule has 0 aliphatic heterocycles. The average Bonchev–Trinajstić information content (AvgIpc) is 2.60. The van der Waals surface area contributed by atoms with Crippen molar-refractivity contribution in [1.29, 1.82) is 0 Å². The molecule has 1 N–H and O–H groups in total. The number of nitro benzene ring substituents is 1. The number of benzene rings is 2. The molecule has 8 heteroatoms. The molecule has 0 fully saturated rings. The second-order valence-corrected chi connectivity index (χ2v) is 4.64. The molecule has 1 amide bonds. The van der Waals surface area contributed by atoms with E-state index in [1.54, 1.807) is 12.1 Å². The summed E-state index contributed by atoms with van der Waals surface area (Å²) >= 11 is 0. The zero-order valence-corrected chi connectivity index (χ0v) is 12.9. The van der Waals surface area contributed by atoms with Gasteiger partial charge in [0.15, 0.2) is 5.75 Å². The van der Waals surface area contributed by atoms with Gasteiger partial charge in [-0.1, -0.05) is 12.1 Å². The molecule has 2 aromatic rings. The molecule has 2 aromatic carbocycles. The van der Waals surface area contributed by atoms with Gasteiger partial charge < -0.3 is 14.8 Å². The molecule has 0 aliphatic carbocycles. The Bertz CT molecular complexity index is 803. The van der Waals surface area contributed by atoms with E-state index in [1.807, 2.05) is 0 Å². The molecular formula is C16H14N2O6. The number of nitrogens with zero attached hydrogens (tertiary/aromatic N) is 1. The summed E-state index contributed by atoms with van der Waals surface area (Å²) in [4.78, 5) is 34.4. The van der Waals surface area contributed by atoms with Crippen molar-refractivity contribution in [2.75, 3.05) is 19.5 Å². The predicted octanol–water partition coefficient (Wildman–Crippen LogP) is 2.64. The molecule has 0 aromatic heterocycles. The molecule has 0 aliphatic rings. The molecule has 0 radical (unpaired) electrons. The third-order valence-electron chi connectivity index (χ3n) is 3.22. The Labute approximate surface area is 137 Å². The van der Waals surface area contributed by atoms with Crippen molar-refractivity contribution in [3.63, 3.8) is 0 Å². The van der Waals surface area contributed by atoms with Crippen LogP contribution in [0, 0.1) is 10.1 Å². The van der Waals surface area contributed by atoms with Gasteiger partial charge in [-0.05, 0) is 24.3 Å². The van der Waals surface area contributed by atoms with E-state index in [0.29, 0.717) is 0 Å². The second kappa shape index (κ2) is 7.23. The summed E-state index contributed by atoms with van der Waals surface area (Å²) < 4.78 is 9.54. The number of nitrogens with one attached hydrogen (secondary N) is 1. The number of rotatable bonds is 5. The maximum absolute atomic E-state index is 12.3. The van der Waals surface area contributed by atoms with Crippen molar-refractivity contribution in [3.05, 3.63) is 63.7 Å². The van der Waals surface area contributed by atoms with Crippen LogP contribution in [0.1, 0.15) is 20.7 Å². The number of nitro groups is 1. The molecule has 0 spiro atoms. The van der Waals surface area contributed by atoms with E-state index in [0.717, 1.165) is 6.07 Å². The predicted molar refractivity (Wildman–Crippen MR) is 85.4 cm³/mol. The Kier molecular flexibility index (Phi) is 5.10. The molecular weight excluding hydrogens is 316 g/mol. The fourth-order valence-electron chi connectivity index (χ4n) is 2.05. The molecule has 0 saturated carbocycles. The number of hydrogen-bond acceptors (Lipinski definition) is 6. The Hall–Kier alpha value is -3.42. The summed E-state index contributed by atoms with van der Waals surface area (Å²) in [6.45, 7) is 0. The topological polar surface area (TPSA) is 108 Å². The molecule has 0 atom stereocenters. The highest BCUT2D eigenvalue weighted by atomic mass is 16.6. The molecule has 0 unspecified atom stereocenters. The number of esters is 1. The lowest BCUT2D eigenvalue weighted by atomic mass is 10.1. The van der Waals surface area contributed by atoms with Gasteiger partial charge in [0, 0.05) is 11.6 Å². The molecule has 124 valence electrons.